The average Bonchev–Trinajstić information content (AvgIpc) is 2.50. The molecule has 0 aromatic rings. The number of hydrogen-bond acceptors (Lipinski definition) is 5. The molecule has 130 valence electrons. The molecule has 0 aromatic carbocycles. The second-order valence-corrected chi connectivity index (χ2v) is 4.82. The summed E-state index contributed by atoms with van der Waals surface area (Å²) in [5.74, 6) is 0.115. The van der Waals surface area contributed by atoms with Gasteiger partial charge >= 0.3 is 12.2 Å². The Kier molecular flexibility index (Phi) is 13.4. The molecule has 0 saturated heterocycles. The molecule has 0 heterocycles. The molecule has 0 aliphatic rings. The molecular weight excluding hydrogens is 292 g/mol. The molecule has 0 radical (unpaired) electrons. The predicted octanol–water partition coefficient (Wildman–Crippen LogP) is 2.14. The number of hydrazine groups is 1. The number of carboxylic acid groups (broad SMARTS) is 1. The van der Waals surface area contributed by atoms with Crippen LogP contribution in [0, 0.1) is 5.92 Å². The van der Waals surface area contributed by atoms with Crippen LogP contribution in [0.25, 0.3) is 0 Å². The number of rotatable bonds is 12. The lowest BCUT2D eigenvalue weighted by atomic mass is 10.0. The number of carbonyl (C=O) groups excluding carboxylic acids is 1. The SMILES string of the molecule is CCCOCCC(CCOCCC)COC(=O)NNC(=O)O. The van der Waals surface area contributed by atoms with E-state index in [-0.39, 0.29) is 12.5 Å². The first kappa shape index (κ1) is 20.5. The number of nitrogens with one attached hydrogen (secondary N) is 2. The molecule has 0 unspecified atom stereocenters. The maximum Gasteiger partial charge on any atom is 0.426 e. The van der Waals surface area contributed by atoms with Crippen LogP contribution in [0.5, 0.6) is 0 Å². The van der Waals surface area contributed by atoms with Crippen molar-refractivity contribution in [1.29, 1.82) is 0 Å². The summed E-state index contributed by atoms with van der Waals surface area (Å²) >= 11 is 0. The van der Waals surface area contributed by atoms with Gasteiger partial charge in [0.05, 0.1) is 6.61 Å². The lowest BCUT2D eigenvalue weighted by Gasteiger charge is -2.17. The van der Waals surface area contributed by atoms with Crippen molar-refractivity contribution in [3.05, 3.63) is 0 Å². The van der Waals surface area contributed by atoms with Crippen LogP contribution in [0.1, 0.15) is 39.5 Å². The summed E-state index contributed by atoms with van der Waals surface area (Å²) in [5.41, 5.74) is 3.65. The standard InChI is InChI=1S/C14H28N2O6/c1-3-7-20-9-5-12(6-10-21-8-4-2)11-22-14(19)16-15-13(17)18/h12,15H,3-11H2,1-2H3,(H,16,19)(H,17,18). The maximum atomic E-state index is 11.3. The van der Waals surface area contributed by atoms with Crippen molar-refractivity contribution in [2.24, 2.45) is 5.92 Å². The Morgan fingerprint density at radius 1 is 0.955 bits per heavy atom. The van der Waals surface area contributed by atoms with Crippen molar-refractivity contribution in [2.45, 2.75) is 39.5 Å². The zero-order valence-electron chi connectivity index (χ0n) is 13.4. The Bertz CT molecular complexity index is 289. The average molecular weight is 320 g/mol. The van der Waals surface area contributed by atoms with E-state index in [1.807, 2.05) is 19.3 Å². The van der Waals surface area contributed by atoms with Gasteiger partial charge in [-0.3, -0.25) is 0 Å². The maximum absolute atomic E-state index is 11.3. The number of carbonyl (C=O) groups is 2. The molecule has 0 aliphatic carbocycles. The van der Waals surface area contributed by atoms with Crippen molar-refractivity contribution in [3.63, 3.8) is 0 Å². The molecule has 0 atom stereocenters. The van der Waals surface area contributed by atoms with Crippen LogP contribution in [-0.2, 0) is 14.2 Å². The topological polar surface area (TPSA) is 106 Å². The van der Waals surface area contributed by atoms with E-state index in [4.69, 9.17) is 19.3 Å². The first-order valence-corrected chi connectivity index (χ1v) is 7.67. The highest BCUT2D eigenvalue weighted by Gasteiger charge is 2.13. The molecule has 0 fully saturated rings. The van der Waals surface area contributed by atoms with Crippen LogP contribution in [0.3, 0.4) is 0 Å². The first-order chi connectivity index (χ1) is 10.6. The molecule has 2 amide bonds. The zero-order chi connectivity index (χ0) is 16.6. The minimum atomic E-state index is -1.35. The Morgan fingerprint density at radius 3 is 1.95 bits per heavy atom. The summed E-state index contributed by atoms with van der Waals surface area (Å²) in [7, 11) is 0. The molecule has 0 bridgehead atoms. The Labute approximate surface area is 131 Å². The molecule has 8 nitrogen and oxygen atoms in total. The lowest BCUT2D eigenvalue weighted by molar-refractivity contribution is 0.0672. The minimum absolute atomic E-state index is 0.115. The van der Waals surface area contributed by atoms with Gasteiger partial charge in [-0.2, -0.15) is 0 Å². The summed E-state index contributed by atoms with van der Waals surface area (Å²) in [4.78, 5) is 21.5. The van der Waals surface area contributed by atoms with Gasteiger partial charge in [0.15, 0.2) is 0 Å². The van der Waals surface area contributed by atoms with Crippen molar-refractivity contribution < 1.29 is 28.9 Å². The molecular formula is C14H28N2O6. The van der Waals surface area contributed by atoms with Crippen LogP contribution in [0.4, 0.5) is 9.59 Å². The van der Waals surface area contributed by atoms with E-state index in [1.165, 1.54) is 0 Å². The van der Waals surface area contributed by atoms with Gasteiger partial charge in [-0.05, 0) is 31.6 Å². The van der Waals surface area contributed by atoms with Gasteiger partial charge in [0, 0.05) is 26.4 Å². The van der Waals surface area contributed by atoms with Crippen molar-refractivity contribution in [1.82, 2.24) is 10.9 Å². The number of hydrogen-bond donors (Lipinski definition) is 3. The molecule has 0 aliphatic heterocycles. The van der Waals surface area contributed by atoms with E-state index in [1.54, 1.807) is 5.43 Å². The smallest absolute Gasteiger partial charge is 0.426 e. The summed E-state index contributed by atoms with van der Waals surface area (Å²) in [6.45, 7) is 6.90. The van der Waals surface area contributed by atoms with E-state index in [0.717, 1.165) is 25.7 Å². The van der Waals surface area contributed by atoms with E-state index < -0.39 is 12.2 Å². The fraction of sp³-hybridized carbons (Fsp3) is 0.857. The van der Waals surface area contributed by atoms with Gasteiger partial charge in [-0.15, -0.1) is 0 Å². The van der Waals surface area contributed by atoms with Crippen LogP contribution in [0.2, 0.25) is 0 Å². The summed E-state index contributed by atoms with van der Waals surface area (Å²) in [6, 6.07) is 0. The Balaban J connectivity index is 3.97. The van der Waals surface area contributed by atoms with E-state index in [0.29, 0.717) is 26.4 Å². The minimum Gasteiger partial charge on any atom is -0.464 e. The van der Waals surface area contributed by atoms with Crippen LogP contribution in [-0.4, -0.2) is 50.3 Å². The highest BCUT2D eigenvalue weighted by molar-refractivity contribution is 5.72. The van der Waals surface area contributed by atoms with Crippen molar-refractivity contribution in [3.8, 4) is 0 Å². The first-order valence-electron chi connectivity index (χ1n) is 7.67. The van der Waals surface area contributed by atoms with Crippen LogP contribution in [0.15, 0.2) is 0 Å². The molecule has 22 heavy (non-hydrogen) atoms. The Morgan fingerprint density at radius 2 is 1.50 bits per heavy atom. The summed E-state index contributed by atoms with van der Waals surface area (Å²) in [5, 5.41) is 8.36. The van der Waals surface area contributed by atoms with Crippen LogP contribution < -0.4 is 10.9 Å². The zero-order valence-corrected chi connectivity index (χ0v) is 13.4. The van der Waals surface area contributed by atoms with Gasteiger partial charge < -0.3 is 19.3 Å². The van der Waals surface area contributed by atoms with Gasteiger partial charge in [-0.1, -0.05) is 13.8 Å². The normalized spacial score (nSPS) is 10.5. The van der Waals surface area contributed by atoms with Gasteiger partial charge in [0.2, 0.25) is 0 Å². The summed E-state index contributed by atoms with van der Waals surface area (Å²) in [6.07, 6.45) is 1.27. The molecule has 3 N–H and O–H groups in total. The van der Waals surface area contributed by atoms with Gasteiger partial charge in [0.25, 0.3) is 0 Å². The molecule has 0 rings (SSSR count). The third kappa shape index (κ3) is 13.4. The van der Waals surface area contributed by atoms with Gasteiger partial charge in [-0.25, -0.2) is 20.4 Å². The van der Waals surface area contributed by atoms with E-state index in [2.05, 4.69) is 0 Å². The van der Waals surface area contributed by atoms with Gasteiger partial charge in [0.1, 0.15) is 0 Å². The fourth-order valence-corrected chi connectivity index (χ4v) is 1.64. The van der Waals surface area contributed by atoms with E-state index >= 15 is 0 Å². The second kappa shape index (κ2) is 14.4. The predicted molar refractivity (Wildman–Crippen MR) is 80.6 cm³/mol. The van der Waals surface area contributed by atoms with Crippen molar-refractivity contribution in [2.75, 3.05) is 33.0 Å². The molecule has 8 heteroatoms. The third-order valence-electron chi connectivity index (χ3n) is 2.76. The quantitative estimate of drug-likeness (QED) is 0.376. The second-order valence-electron chi connectivity index (χ2n) is 4.82. The lowest BCUT2D eigenvalue weighted by Crippen LogP contribution is -2.41. The Hall–Kier alpha value is -1.54. The third-order valence-corrected chi connectivity index (χ3v) is 2.76. The molecule has 0 aromatic heterocycles. The largest absolute Gasteiger partial charge is 0.464 e. The number of ether oxygens (including phenoxy) is 3. The molecule has 0 spiro atoms. The van der Waals surface area contributed by atoms with Crippen LogP contribution >= 0.6 is 0 Å². The highest BCUT2D eigenvalue weighted by Crippen LogP contribution is 2.10. The van der Waals surface area contributed by atoms with Crippen molar-refractivity contribution >= 4 is 12.2 Å². The summed E-state index contributed by atoms with van der Waals surface area (Å²) < 4.78 is 15.9. The monoisotopic (exact) mass is 320 g/mol. The number of amides is 2. The fourth-order valence-electron chi connectivity index (χ4n) is 1.64. The molecule has 0 saturated carbocycles. The highest BCUT2D eigenvalue weighted by atomic mass is 16.6. The van der Waals surface area contributed by atoms with E-state index in [9.17, 15) is 9.59 Å².